The molecular formula is C27H24FN5OS. The summed E-state index contributed by atoms with van der Waals surface area (Å²) in [5.41, 5.74) is 8.46. The van der Waals surface area contributed by atoms with Crippen LogP contribution in [-0.2, 0) is 11.2 Å². The zero-order chi connectivity index (χ0) is 24.6. The summed E-state index contributed by atoms with van der Waals surface area (Å²) in [5.74, 6) is -0.237. The lowest BCUT2D eigenvalue weighted by Crippen LogP contribution is -2.29. The Kier molecular flexibility index (Phi) is 7.81. The van der Waals surface area contributed by atoms with Gasteiger partial charge in [-0.05, 0) is 54.8 Å². The van der Waals surface area contributed by atoms with Gasteiger partial charge in [0.25, 0.3) is 0 Å². The highest BCUT2D eigenvalue weighted by Crippen LogP contribution is 2.35. The molecule has 1 aromatic heterocycles. The number of hydrogen-bond donors (Lipinski definition) is 2. The molecule has 0 saturated carbocycles. The van der Waals surface area contributed by atoms with Crippen LogP contribution in [0.4, 0.5) is 10.2 Å². The number of nitrogen functional groups attached to an aromatic ring is 1. The summed E-state index contributed by atoms with van der Waals surface area (Å²) in [6.45, 7) is 0.422. The van der Waals surface area contributed by atoms with Crippen molar-refractivity contribution in [1.82, 2.24) is 15.1 Å². The van der Waals surface area contributed by atoms with E-state index in [1.54, 1.807) is 12.1 Å². The van der Waals surface area contributed by atoms with Crippen LogP contribution >= 0.6 is 11.8 Å². The molecule has 0 aliphatic rings. The van der Waals surface area contributed by atoms with Gasteiger partial charge in [-0.1, -0.05) is 48.5 Å². The van der Waals surface area contributed by atoms with E-state index in [-0.39, 0.29) is 22.8 Å². The molecule has 3 N–H and O–H groups in total. The molecule has 0 saturated heterocycles. The number of anilines is 1. The number of aromatic nitrogens is 2. The number of thioether (sulfide) groups is 1. The maximum Gasteiger partial charge on any atom is 0.237 e. The van der Waals surface area contributed by atoms with Gasteiger partial charge < -0.3 is 11.1 Å². The predicted molar refractivity (Wildman–Crippen MR) is 135 cm³/mol. The molecule has 3 aromatic carbocycles. The molecule has 0 spiro atoms. The summed E-state index contributed by atoms with van der Waals surface area (Å²) in [7, 11) is 0. The Morgan fingerprint density at radius 1 is 1.06 bits per heavy atom. The van der Waals surface area contributed by atoms with Crippen molar-refractivity contribution < 1.29 is 9.18 Å². The quantitative estimate of drug-likeness (QED) is 0.256. The number of halogens is 1. The molecule has 0 aliphatic heterocycles. The Morgan fingerprint density at radius 3 is 2.37 bits per heavy atom. The first-order valence-electron chi connectivity index (χ1n) is 11.1. The summed E-state index contributed by atoms with van der Waals surface area (Å²) >= 11 is 1.50. The number of carbonyl (C=O) groups excluding carboxylic acids is 1. The van der Waals surface area contributed by atoms with Gasteiger partial charge in [-0.25, -0.2) is 9.07 Å². The van der Waals surface area contributed by atoms with E-state index in [2.05, 4.69) is 16.5 Å². The van der Waals surface area contributed by atoms with E-state index < -0.39 is 0 Å². The molecule has 4 aromatic rings. The van der Waals surface area contributed by atoms with Crippen molar-refractivity contribution >= 4 is 23.5 Å². The summed E-state index contributed by atoms with van der Waals surface area (Å²) in [6.07, 6.45) is 1.04. The smallest absolute Gasteiger partial charge is 0.237 e. The van der Waals surface area contributed by atoms with Crippen molar-refractivity contribution in [1.29, 1.82) is 5.26 Å². The van der Waals surface area contributed by atoms with E-state index in [9.17, 15) is 14.4 Å². The van der Waals surface area contributed by atoms with Crippen LogP contribution in [0.1, 0.15) is 28.5 Å². The van der Waals surface area contributed by atoms with Crippen molar-refractivity contribution in [2.75, 3.05) is 12.3 Å². The fourth-order valence-corrected chi connectivity index (χ4v) is 4.72. The number of nitrogens with zero attached hydrogens (tertiary/aromatic N) is 3. The average molecular weight is 486 g/mol. The van der Waals surface area contributed by atoms with Crippen molar-refractivity contribution in [2.24, 2.45) is 0 Å². The molecule has 176 valence electrons. The van der Waals surface area contributed by atoms with E-state index in [1.807, 2.05) is 60.7 Å². The summed E-state index contributed by atoms with van der Waals surface area (Å²) < 4.78 is 14.7. The van der Waals surface area contributed by atoms with Gasteiger partial charge in [-0.3, -0.25) is 4.79 Å². The Hall–Kier alpha value is -4.09. The average Bonchev–Trinajstić information content (AvgIpc) is 3.21. The first-order chi connectivity index (χ1) is 17.1. The highest BCUT2D eigenvalue weighted by atomic mass is 32.2. The molecule has 35 heavy (non-hydrogen) atoms. The maximum absolute atomic E-state index is 13.3. The third-order valence-corrected chi connectivity index (χ3v) is 6.67. The largest absolute Gasteiger partial charge is 0.382 e. The zero-order valence-electron chi connectivity index (χ0n) is 18.9. The number of nitriles is 1. The first-order valence-corrected chi connectivity index (χ1v) is 12.0. The second-order valence-corrected chi connectivity index (χ2v) is 9.00. The molecule has 0 bridgehead atoms. The molecule has 0 unspecified atom stereocenters. The highest BCUT2D eigenvalue weighted by Gasteiger charge is 2.22. The molecular weight excluding hydrogens is 461 g/mol. The number of nitrogens with one attached hydrogen (secondary N) is 1. The number of amides is 1. The van der Waals surface area contributed by atoms with Crippen LogP contribution in [0.2, 0.25) is 0 Å². The molecule has 1 atom stereocenters. The van der Waals surface area contributed by atoms with Gasteiger partial charge in [0.1, 0.15) is 28.5 Å². The van der Waals surface area contributed by atoms with Gasteiger partial charge in [0.2, 0.25) is 5.91 Å². The van der Waals surface area contributed by atoms with Crippen LogP contribution in [0.25, 0.3) is 5.69 Å². The molecule has 0 aliphatic carbocycles. The minimum atomic E-state index is -0.387. The van der Waals surface area contributed by atoms with Crippen molar-refractivity contribution in [3.05, 3.63) is 108 Å². The second kappa shape index (κ2) is 11.4. The monoisotopic (exact) mass is 485 g/mol. The summed E-state index contributed by atoms with van der Waals surface area (Å²) in [5, 5.41) is 16.7. The van der Waals surface area contributed by atoms with Crippen LogP contribution in [-0.4, -0.2) is 22.2 Å². The van der Waals surface area contributed by atoms with Crippen LogP contribution in [0.3, 0.4) is 0 Å². The van der Waals surface area contributed by atoms with E-state index in [0.29, 0.717) is 36.3 Å². The molecule has 0 radical (unpaired) electrons. The normalized spacial score (nSPS) is 11.5. The van der Waals surface area contributed by atoms with E-state index in [1.165, 1.54) is 28.6 Å². The summed E-state index contributed by atoms with van der Waals surface area (Å²) in [4.78, 5) is 14.1. The maximum atomic E-state index is 13.3. The predicted octanol–water partition coefficient (Wildman–Crippen LogP) is 5.05. The Balaban J connectivity index is 1.41. The van der Waals surface area contributed by atoms with Crippen LogP contribution < -0.4 is 11.1 Å². The third-order valence-electron chi connectivity index (χ3n) is 5.40. The minimum absolute atomic E-state index is 0.0816. The number of nitrogens with two attached hydrogens (primary N) is 1. The van der Waals surface area contributed by atoms with Crippen molar-refractivity contribution in [2.45, 2.75) is 23.0 Å². The van der Waals surface area contributed by atoms with E-state index in [4.69, 9.17) is 5.73 Å². The van der Waals surface area contributed by atoms with E-state index >= 15 is 0 Å². The lowest BCUT2D eigenvalue weighted by Gasteiger charge is -2.17. The van der Waals surface area contributed by atoms with Crippen LogP contribution in [0, 0.1) is 17.1 Å². The Bertz CT molecular complexity index is 1320. The van der Waals surface area contributed by atoms with Gasteiger partial charge in [0.15, 0.2) is 0 Å². The number of aryl methyl sites for hydroxylation is 1. The Labute approximate surface area is 207 Å². The molecule has 8 heteroatoms. The molecule has 1 amide bonds. The molecule has 1 heterocycles. The standard InChI is InChI=1S/C27H24FN5OS/c28-20-13-15-21(16-14-20)33-26(30)23(18-29)24(32-33)12-7-17-31-27(34)25(19-8-3-1-4-9-19)35-22-10-5-2-6-11-22/h1-6,8-11,13-16,25H,7,12,17,30H2,(H,31,34)/t25-/m0/s1. The fourth-order valence-electron chi connectivity index (χ4n) is 3.65. The van der Waals surface area contributed by atoms with Gasteiger partial charge in [-0.15, -0.1) is 11.8 Å². The minimum Gasteiger partial charge on any atom is -0.382 e. The summed E-state index contributed by atoms with van der Waals surface area (Å²) in [6, 6.07) is 27.3. The third kappa shape index (κ3) is 5.89. The topological polar surface area (TPSA) is 96.7 Å². The van der Waals surface area contributed by atoms with Crippen LogP contribution in [0.5, 0.6) is 0 Å². The number of carbonyl (C=O) groups is 1. The van der Waals surface area contributed by atoms with Crippen molar-refractivity contribution in [3.8, 4) is 11.8 Å². The number of hydrogen-bond acceptors (Lipinski definition) is 5. The second-order valence-electron chi connectivity index (χ2n) is 7.82. The van der Waals surface area contributed by atoms with Gasteiger partial charge in [0.05, 0.1) is 11.4 Å². The first kappa shape index (κ1) is 24.0. The van der Waals surface area contributed by atoms with E-state index in [0.717, 1.165) is 10.5 Å². The van der Waals surface area contributed by atoms with Gasteiger partial charge in [0, 0.05) is 11.4 Å². The SMILES string of the molecule is N#Cc1c(CCCNC(=O)[C@@H](Sc2ccccc2)c2ccccc2)nn(-c2ccc(F)cc2)c1N. The Morgan fingerprint density at radius 2 is 1.71 bits per heavy atom. The molecule has 0 fully saturated rings. The van der Waals surface area contributed by atoms with Gasteiger partial charge in [-0.2, -0.15) is 10.4 Å². The molecule has 6 nitrogen and oxygen atoms in total. The van der Waals surface area contributed by atoms with Gasteiger partial charge >= 0.3 is 0 Å². The zero-order valence-corrected chi connectivity index (χ0v) is 19.7. The lowest BCUT2D eigenvalue weighted by atomic mass is 10.1. The number of rotatable bonds is 9. The molecule has 4 rings (SSSR count). The fraction of sp³-hybridized carbons (Fsp3) is 0.148. The van der Waals surface area contributed by atoms with Crippen molar-refractivity contribution in [3.63, 3.8) is 0 Å². The highest BCUT2D eigenvalue weighted by molar-refractivity contribution is 8.00. The van der Waals surface area contributed by atoms with Crippen LogP contribution in [0.15, 0.2) is 89.8 Å². The number of benzene rings is 3. The lowest BCUT2D eigenvalue weighted by molar-refractivity contribution is -0.120.